The molecule has 0 atom stereocenters. The fraction of sp³-hybridized carbons (Fsp3) is 0.615. The summed E-state index contributed by atoms with van der Waals surface area (Å²) in [6, 6.07) is 0.422. The van der Waals surface area contributed by atoms with Crippen molar-refractivity contribution in [3.8, 4) is 0 Å². The van der Waals surface area contributed by atoms with E-state index in [1.165, 1.54) is 6.20 Å². The van der Waals surface area contributed by atoms with Crippen LogP contribution in [0.2, 0.25) is 0 Å². The summed E-state index contributed by atoms with van der Waals surface area (Å²) in [6.45, 7) is 3.85. The fourth-order valence-corrected chi connectivity index (χ4v) is 2.38. The van der Waals surface area contributed by atoms with Gasteiger partial charge in [-0.25, -0.2) is 14.8 Å². The number of aromatic nitrogens is 2. The van der Waals surface area contributed by atoms with Crippen LogP contribution in [0, 0.1) is 6.92 Å². The standard InChI is InChI=1S/C13H20N4O2/c1-9-11(12(18)19)8-14-13(15-9)17(3)10-4-6-16(2)7-5-10/h8,10H,4-7H2,1-3H3,(H,18,19). The lowest BCUT2D eigenvalue weighted by Crippen LogP contribution is -2.42. The van der Waals surface area contributed by atoms with Gasteiger partial charge in [0.1, 0.15) is 0 Å². The molecule has 1 N–H and O–H groups in total. The third-order valence-corrected chi connectivity index (χ3v) is 3.75. The second-order valence-corrected chi connectivity index (χ2v) is 5.12. The van der Waals surface area contributed by atoms with Gasteiger partial charge in [0.15, 0.2) is 0 Å². The number of carboxylic acid groups (broad SMARTS) is 1. The Morgan fingerprint density at radius 1 is 1.47 bits per heavy atom. The van der Waals surface area contributed by atoms with Crippen molar-refractivity contribution in [2.75, 3.05) is 32.1 Å². The molecule has 1 aliphatic rings. The minimum Gasteiger partial charge on any atom is -0.478 e. The molecule has 1 aromatic heterocycles. The number of aromatic carboxylic acids is 1. The van der Waals surface area contributed by atoms with Gasteiger partial charge in [-0.2, -0.15) is 0 Å². The zero-order chi connectivity index (χ0) is 14.0. The minimum absolute atomic E-state index is 0.167. The van der Waals surface area contributed by atoms with Gasteiger partial charge in [-0.3, -0.25) is 0 Å². The molecule has 1 aliphatic heterocycles. The van der Waals surface area contributed by atoms with Gasteiger partial charge in [0.05, 0.1) is 11.3 Å². The maximum atomic E-state index is 10.9. The number of rotatable bonds is 3. The van der Waals surface area contributed by atoms with Crippen molar-refractivity contribution < 1.29 is 9.90 Å². The molecule has 0 saturated carbocycles. The van der Waals surface area contributed by atoms with E-state index in [0.29, 0.717) is 17.7 Å². The van der Waals surface area contributed by atoms with E-state index < -0.39 is 5.97 Å². The lowest BCUT2D eigenvalue weighted by molar-refractivity contribution is 0.0695. The number of carbonyl (C=O) groups is 1. The number of nitrogens with zero attached hydrogens (tertiary/aromatic N) is 4. The maximum Gasteiger partial charge on any atom is 0.339 e. The summed E-state index contributed by atoms with van der Waals surface area (Å²) in [5, 5.41) is 8.97. The number of likely N-dealkylation sites (tertiary alicyclic amines) is 1. The highest BCUT2D eigenvalue weighted by molar-refractivity contribution is 5.88. The molecule has 0 radical (unpaired) electrons. The van der Waals surface area contributed by atoms with Crippen molar-refractivity contribution in [2.24, 2.45) is 0 Å². The molecule has 104 valence electrons. The smallest absolute Gasteiger partial charge is 0.339 e. The SMILES string of the molecule is Cc1nc(N(C)C2CCN(C)CC2)ncc1C(=O)O. The van der Waals surface area contributed by atoms with E-state index in [0.717, 1.165) is 25.9 Å². The summed E-state index contributed by atoms with van der Waals surface area (Å²) >= 11 is 0. The van der Waals surface area contributed by atoms with Gasteiger partial charge in [-0.1, -0.05) is 0 Å². The minimum atomic E-state index is -0.981. The summed E-state index contributed by atoms with van der Waals surface area (Å²) in [7, 11) is 4.10. The van der Waals surface area contributed by atoms with E-state index in [1.807, 2.05) is 7.05 Å². The molecule has 19 heavy (non-hydrogen) atoms. The first-order valence-electron chi connectivity index (χ1n) is 6.47. The van der Waals surface area contributed by atoms with Crippen molar-refractivity contribution in [1.29, 1.82) is 0 Å². The van der Waals surface area contributed by atoms with E-state index >= 15 is 0 Å². The summed E-state index contributed by atoms with van der Waals surface area (Å²) in [5.41, 5.74) is 0.679. The number of carboxylic acids is 1. The largest absolute Gasteiger partial charge is 0.478 e. The third-order valence-electron chi connectivity index (χ3n) is 3.75. The molecule has 6 nitrogen and oxygen atoms in total. The monoisotopic (exact) mass is 264 g/mol. The van der Waals surface area contributed by atoms with Crippen LogP contribution in [0.4, 0.5) is 5.95 Å². The normalized spacial score (nSPS) is 17.4. The van der Waals surface area contributed by atoms with Gasteiger partial charge >= 0.3 is 5.97 Å². The van der Waals surface area contributed by atoms with Gasteiger partial charge in [0.2, 0.25) is 5.95 Å². The number of anilines is 1. The highest BCUT2D eigenvalue weighted by atomic mass is 16.4. The number of aryl methyl sites for hydroxylation is 1. The topological polar surface area (TPSA) is 69.6 Å². The van der Waals surface area contributed by atoms with E-state index in [1.54, 1.807) is 6.92 Å². The Kier molecular flexibility index (Phi) is 3.99. The van der Waals surface area contributed by atoms with Crippen molar-refractivity contribution in [2.45, 2.75) is 25.8 Å². The van der Waals surface area contributed by atoms with Crippen molar-refractivity contribution >= 4 is 11.9 Å². The van der Waals surface area contributed by atoms with Crippen LogP contribution >= 0.6 is 0 Å². The molecular formula is C13H20N4O2. The number of hydrogen-bond donors (Lipinski definition) is 1. The molecule has 6 heteroatoms. The van der Waals surface area contributed by atoms with Gasteiger partial charge in [0, 0.05) is 19.3 Å². The zero-order valence-electron chi connectivity index (χ0n) is 11.6. The lowest BCUT2D eigenvalue weighted by atomic mass is 10.0. The molecule has 0 unspecified atom stereocenters. The maximum absolute atomic E-state index is 10.9. The molecule has 2 rings (SSSR count). The van der Waals surface area contributed by atoms with Crippen LogP contribution in [0.1, 0.15) is 28.9 Å². The zero-order valence-corrected chi connectivity index (χ0v) is 11.6. The summed E-state index contributed by atoms with van der Waals surface area (Å²) in [5.74, 6) is -0.372. The molecule has 0 aromatic carbocycles. The highest BCUT2D eigenvalue weighted by Gasteiger charge is 2.23. The Bertz CT molecular complexity index is 470. The van der Waals surface area contributed by atoms with Crippen LogP contribution < -0.4 is 4.90 Å². The van der Waals surface area contributed by atoms with E-state index in [-0.39, 0.29) is 5.56 Å². The van der Waals surface area contributed by atoms with Gasteiger partial charge in [-0.15, -0.1) is 0 Å². The van der Waals surface area contributed by atoms with E-state index in [4.69, 9.17) is 5.11 Å². The predicted octanol–water partition coefficient (Wildman–Crippen LogP) is 1.01. The Morgan fingerprint density at radius 2 is 2.11 bits per heavy atom. The Balaban J connectivity index is 2.13. The summed E-state index contributed by atoms with van der Waals surface area (Å²) in [6.07, 6.45) is 3.55. The van der Waals surface area contributed by atoms with Crippen molar-refractivity contribution in [3.05, 3.63) is 17.5 Å². The number of hydrogen-bond acceptors (Lipinski definition) is 5. The first-order chi connectivity index (χ1) is 8.99. The molecule has 0 aliphatic carbocycles. The predicted molar refractivity (Wildman–Crippen MR) is 72.7 cm³/mol. The molecule has 0 bridgehead atoms. The van der Waals surface area contributed by atoms with E-state index in [9.17, 15) is 4.79 Å². The second kappa shape index (κ2) is 5.52. The van der Waals surface area contributed by atoms with Crippen LogP contribution in [-0.2, 0) is 0 Å². The third kappa shape index (κ3) is 3.01. The van der Waals surface area contributed by atoms with Crippen LogP contribution in [0.5, 0.6) is 0 Å². The first-order valence-corrected chi connectivity index (χ1v) is 6.47. The Morgan fingerprint density at radius 3 is 2.63 bits per heavy atom. The van der Waals surface area contributed by atoms with Gasteiger partial charge < -0.3 is 14.9 Å². The Labute approximate surface area is 113 Å². The molecule has 0 amide bonds. The van der Waals surface area contributed by atoms with Crippen molar-refractivity contribution in [1.82, 2.24) is 14.9 Å². The van der Waals surface area contributed by atoms with Crippen LogP contribution in [0.3, 0.4) is 0 Å². The van der Waals surface area contributed by atoms with Gasteiger partial charge in [-0.05, 0) is 39.9 Å². The average molecular weight is 264 g/mol. The number of piperidine rings is 1. The van der Waals surface area contributed by atoms with E-state index in [2.05, 4.69) is 26.8 Å². The molecule has 1 saturated heterocycles. The molecule has 1 aromatic rings. The van der Waals surface area contributed by atoms with Crippen LogP contribution in [-0.4, -0.2) is 59.2 Å². The molecule has 0 spiro atoms. The summed E-state index contributed by atoms with van der Waals surface area (Å²) in [4.78, 5) is 23.8. The van der Waals surface area contributed by atoms with Crippen LogP contribution in [0.15, 0.2) is 6.20 Å². The van der Waals surface area contributed by atoms with Crippen molar-refractivity contribution in [3.63, 3.8) is 0 Å². The quantitative estimate of drug-likeness (QED) is 0.878. The lowest BCUT2D eigenvalue weighted by Gasteiger charge is -2.35. The molecular weight excluding hydrogens is 244 g/mol. The molecule has 1 fully saturated rings. The molecule has 2 heterocycles. The first kappa shape index (κ1) is 13.7. The van der Waals surface area contributed by atoms with Gasteiger partial charge in [0.25, 0.3) is 0 Å². The van der Waals surface area contributed by atoms with Crippen LogP contribution in [0.25, 0.3) is 0 Å². The highest BCUT2D eigenvalue weighted by Crippen LogP contribution is 2.19. The average Bonchev–Trinajstić information content (AvgIpc) is 2.38. The summed E-state index contributed by atoms with van der Waals surface area (Å²) < 4.78 is 0. The Hall–Kier alpha value is -1.69. The fourth-order valence-electron chi connectivity index (χ4n) is 2.38. The second-order valence-electron chi connectivity index (χ2n) is 5.12.